The van der Waals surface area contributed by atoms with E-state index in [0.29, 0.717) is 16.9 Å². The molecule has 0 aliphatic carbocycles. The number of aromatic nitrogens is 1. The normalized spacial score (nSPS) is 9.25. The van der Waals surface area contributed by atoms with Gasteiger partial charge in [0.05, 0.1) is 0 Å². The molecule has 0 amide bonds. The maximum absolute atomic E-state index is 5.64. The van der Waals surface area contributed by atoms with Crippen LogP contribution in [-0.4, -0.2) is 4.98 Å². The van der Waals surface area contributed by atoms with Crippen molar-refractivity contribution in [2.45, 2.75) is 11.8 Å². The summed E-state index contributed by atoms with van der Waals surface area (Å²) in [6, 6.07) is 1.73. The summed E-state index contributed by atoms with van der Waals surface area (Å²) in [6.45, 7) is 0. The van der Waals surface area contributed by atoms with E-state index in [1.165, 1.54) is 0 Å². The van der Waals surface area contributed by atoms with Gasteiger partial charge in [0.2, 0.25) is 0 Å². The first kappa shape index (κ1) is 12.3. The second-order valence-electron chi connectivity index (χ2n) is 2.04. The van der Waals surface area contributed by atoms with Gasteiger partial charge in [-0.15, -0.1) is 35.6 Å². The molecule has 0 aliphatic heterocycles. The van der Waals surface area contributed by atoms with Gasteiger partial charge >= 0.3 is 0 Å². The first-order valence-electron chi connectivity index (χ1n) is 3.03. The molecule has 0 saturated heterocycles. The molecule has 0 aromatic carbocycles. The van der Waals surface area contributed by atoms with Gasteiger partial charge in [-0.3, -0.25) is 0 Å². The third-order valence-corrected chi connectivity index (χ3v) is 2.12. The second-order valence-corrected chi connectivity index (χ2v) is 2.96. The van der Waals surface area contributed by atoms with E-state index in [2.05, 4.69) is 4.98 Å². The third-order valence-electron chi connectivity index (χ3n) is 1.34. The van der Waals surface area contributed by atoms with Gasteiger partial charge < -0.3 is 0 Å². The van der Waals surface area contributed by atoms with Crippen molar-refractivity contribution < 1.29 is 0 Å². The summed E-state index contributed by atoms with van der Waals surface area (Å²) >= 11 is 16.9. The Balaban J connectivity index is 0.00000121. The molecular weight excluding hydrogens is 240 g/mol. The molecule has 1 nitrogen and oxygen atoms in total. The highest BCUT2D eigenvalue weighted by molar-refractivity contribution is 6.29. The van der Waals surface area contributed by atoms with Crippen molar-refractivity contribution in [3.05, 3.63) is 28.5 Å². The van der Waals surface area contributed by atoms with Crippen LogP contribution in [0.4, 0.5) is 0 Å². The molecule has 0 radical (unpaired) electrons. The zero-order chi connectivity index (χ0) is 8.27. The van der Waals surface area contributed by atoms with Crippen molar-refractivity contribution >= 4 is 47.2 Å². The molecule has 5 heteroatoms. The Morgan fingerprint density at radius 3 is 2.25 bits per heavy atom. The van der Waals surface area contributed by atoms with Crippen molar-refractivity contribution in [3.63, 3.8) is 0 Å². The van der Waals surface area contributed by atoms with Crippen LogP contribution in [0.3, 0.4) is 0 Å². The van der Waals surface area contributed by atoms with Crippen LogP contribution < -0.4 is 0 Å². The smallest absolute Gasteiger partial charge is 0.129 e. The van der Waals surface area contributed by atoms with Crippen molar-refractivity contribution in [2.24, 2.45) is 0 Å². The van der Waals surface area contributed by atoms with Crippen molar-refractivity contribution in [1.29, 1.82) is 0 Å². The summed E-state index contributed by atoms with van der Waals surface area (Å²) in [7, 11) is 0. The third kappa shape index (κ3) is 2.98. The van der Waals surface area contributed by atoms with E-state index in [-0.39, 0.29) is 12.4 Å². The van der Waals surface area contributed by atoms with E-state index in [1.54, 1.807) is 12.3 Å². The zero-order valence-corrected chi connectivity index (χ0v) is 9.14. The number of nitrogens with zero attached hydrogens (tertiary/aromatic N) is 1. The predicted octanol–water partition coefficient (Wildman–Crippen LogP) is 3.63. The Kier molecular flexibility index (Phi) is 6.02. The Morgan fingerprint density at radius 1 is 1.17 bits per heavy atom. The molecule has 1 rings (SSSR count). The lowest BCUT2D eigenvalue weighted by molar-refractivity contribution is 1.18. The first-order valence-corrected chi connectivity index (χ1v) is 4.48. The van der Waals surface area contributed by atoms with E-state index in [0.717, 1.165) is 11.1 Å². The monoisotopic (exact) mass is 245 g/mol. The molecule has 0 atom stereocenters. The van der Waals surface area contributed by atoms with Gasteiger partial charge in [0.25, 0.3) is 0 Å². The predicted molar refractivity (Wildman–Crippen MR) is 55.6 cm³/mol. The molecule has 0 spiro atoms. The Labute approximate surface area is 92.4 Å². The van der Waals surface area contributed by atoms with Gasteiger partial charge in [0.15, 0.2) is 0 Å². The molecule has 0 bridgehead atoms. The van der Waals surface area contributed by atoms with Gasteiger partial charge in [-0.2, -0.15) is 0 Å². The average molecular weight is 247 g/mol. The van der Waals surface area contributed by atoms with Crippen molar-refractivity contribution in [3.8, 4) is 0 Å². The molecule has 68 valence electrons. The van der Waals surface area contributed by atoms with E-state index in [1.807, 2.05) is 0 Å². The van der Waals surface area contributed by atoms with Gasteiger partial charge in [0, 0.05) is 18.0 Å². The average Bonchev–Trinajstić information content (AvgIpc) is 2.04. The fourth-order valence-electron chi connectivity index (χ4n) is 0.741. The minimum Gasteiger partial charge on any atom is -0.244 e. The van der Waals surface area contributed by atoms with Gasteiger partial charge in [-0.25, -0.2) is 4.98 Å². The molecule has 0 N–H and O–H groups in total. The van der Waals surface area contributed by atoms with E-state index >= 15 is 0 Å². The molecular formula is C7H7Cl4N. The minimum atomic E-state index is 0. The largest absolute Gasteiger partial charge is 0.244 e. The van der Waals surface area contributed by atoms with E-state index < -0.39 is 0 Å². The van der Waals surface area contributed by atoms with Crippen molar-refractivity contribution in [1.82, 2.24) is 4.98 Å². The standard InChI is InChI=1S/C7H6Cl3N.ClH/c8-2-5-1-7(10)11-4-6(5)3-9;/h1,4H,2-3H2;1H. The first-order chi connectivity index (χ1) is 5.27. The van der Waals surface area contributed by atoms with Gasteiger partial charge in [-0.1, -0.05) is 11.6 Å². The van der Waals surface area contributed by atoms with Crippen LogP contribution in [0.5, 0.6) is 0 Å². The van der Waals surface area contributed by atoms with Crippen molar-refractivity contribution in [2.75, 3.05) is 0 Å². The number of hydrogen-bond acceptors (Lipinski definition) is 1. The minimum absolute atomic E-state index is 0. The molecule has 12 heavy (non-hydrogen) atoms. The lowest BCUT2D eigenvalue weighted by Crippen LogP contribution is -1.89. The topological polar surface area (TPSA) is 12.9 Å². The molecule has 0 saturated carbocycles. The lowest BCUT2D eigenvalue weighted by atomic mass is 10.2. The quantitative estimate of drug-likeness (QED) is 0.574. The molecule has 1 aromatic heterocycles. The highest BCUT2D eigenvalue weighted by atomic mass is 35.5. The van der Waals surface area contributed by atoms with Crippen LogP contribution in [0.2, 0.25) is 5.15 Å². The lowest BCUT2D eigenvalue weighted by Gasteiger charge is -2.01. The van der Waals surface area contributed by atoms with Crippen LogP contribution in [-0.2, 0) is 11.8 Å². The summed E-state index contributed by atoms with van der Waals surface area (Å²) in [5.41, 5.74) is 1.88. The molecule has 0 fully saturated rings. The van der Waals surface area contributed by atoms with Crippen LogP contribution in [0.15, 0.2) is 12.3 Å². The molecule has 1 heterocycles. The highest BCUT2D eigenvalue weighted by Crippen LogP contribution is 2.16. The molecule has 0 aliphatic rings. The highest BCUT2D eigenvalue weighted by Gasteiger charge is 2.01. The fraction of sp³-hybridized carbons (Fsp3) is 0.286. The van der Waals surface area contributed by atoms with Gasteiger partial charge in [-0.05, 0) is 17.2 Å². The Bertz CT molecular complexity index is 251. The number of rotatable bonds is 2. The summed E-state index contributed by atoms with van der Waals surface area (Å²) in [4.78, 5) is 3.88. The van der Waals surface area contributed by atoms with Crippen LogP contribution in [0.25, 0.3) is 0 Å². The van der Waals surface area contributed by atoms with Crippen LogP contribution in [0, 0.1) is 0 Å². The Morgan fingerprint density at radius 2 is 1.75 bits per heavy atom. The zero-order valence-electron chi connectivity index (χ0n) is 6.06. The maximum Gasteiger partial charge on any atom is 0.129 e. The maximum atomic E-state index is 5.64. The van der Waals surface area contributed by atoms with Gasteiger partial charge in [0.1, 0.15) is 5.15 Å². The molecule has 1 aromatic rings. The Hall–Kier alpha value is 0.310. The SMILES string of the molecule is Cl.ClCc1cnc(Cl)cc1CCl. The summed E-state index contributed by atoms with van der Waals surface area (Å²) in [5.74, 6) is 0.844. The number of alkyl halides is 2. The number of hydrogen-bond donors (Lipinski definition) is 0. The van der Waals surface area contributed by atoms with E-state index in [4.69, 9.17) is 34.8 Å². The second kappa shape index (κ2) is 5.87. The fourth-order valence-corrected chi connectivity index (χ4v) is 1.41. The summed E-state index contributed by atoms with van der Waals surface area (Å²) in [5, 5.41) is 0.453. The summed E-state index contributed by atoms with van der Waals surface area (Å²) < 4.78 is 0. The summed E-state index contributed by atoms with van der Waals surface area (Å²) in [6.07, 6.45) is 1.65. The van der Waals surface area contributed by atoms with Crippen LogP contribution >= 0.6 is 47.2 Å². The molecule has 0 unspecified atom stereocenters. The number of pyridine rings is 1. The number of halogens is 4. The van der Waals surface area contributed by atoms with E-state index in [9.17, 15) is 0 Å². The van der Waals surface area contributed by atoms with Crippen LogP contribution in [0.1, 0.15) is 11.1 Å².